The standard InChI is InChI=1S/C14H26N2O2.ClH/c1-4-5-6-11-16(2)13(17)14(12-18-3)7-9-15-10-8-14;/h4,15H,1,5-12H2,2-3H3;1H. The Bertz CT molecular complexity index is 273. The van der Waals surface area contributed by atoms with Gasteiger partial charge < -0.3 is 15.0 Å². The highest BCUT2D eigenvalue weighted by Gasteiger charge is 2.41. The number of methoxy groups -OCH3 is 1. The third-order valence-electron chi connectivity index (χ3n) is 3.68. The Kier molecular flexibility index (Phi) is 9.06. The number of carbonyl (C=O) groups is 1. The molecule has 4 nitrogen and oxygen atoms in total. The fourth-order valence-electron chi connectivity index (χ4n) is 2.58. The van der Waals surface area contributed by atoms with E-state index in [1.807, 2.05) is 18.0 Å². The van der Waals surface area contributed by atoms with Crippen LogP contribution >= 0.6 is 12.4 Å². The van der Waals surface area contributed by atoms with E-state index in [0.29, 0.717) is 6.61 Å². The van der Waals surface area contributed by atoms with Crippen LogP contribution in [0.15, 0.2) is 12.7 Å². The van der Waals surface area contributed by atoms with Crippen molar-refractivity contribution in [2.45, 2.75) is 25.7 Å². The summed E-state index contributed by atoms with van der Waals surface area (Å²) in [5.41, 5.74) is -0.317. The topological polar surface area (TPSA) is 41.6 Å². The minimum atomic E-state index is -0.317. The molecule has 112 valence electrons. The van der Waals surface area contributed by atoms with Crippen LogP contribution in [-0.4, -0.2) is 51.2 Å². The molecule has 0 aromatic rings. The molecule has 19 heavy (non-hydrogen) atoms. The number of unbranched alkanes of at least 4 members (excludes halogenated alkanes) is 1. The van der Waals surface area contributed by atoms with Crippen molar-refractivity contribution in [1.29, 1.82) is 0 Å². The van der Waals surface area contributed by atoms with Gasteiger partial charge in [-0.05, 0) is 38.8 Å². The lowest BCUT2D eigenvalue weighted by atomic mass is 9.78. The summed E-state index contributed by atoms with van der Waals surface area (Å²) in [4.78, 5) is 14.5. The fraction of sp³-hybridized carbons (Fsp3) is 0.786. The zero-order valence-corrected chi connectivity index (χ0v) is 12.9. The van der Waals surface area contributed by atoms with Crippen LogP contribution in [0.3, 0.4) is 0 Å². The lowest BCUT2D eigenvalue weighted by Gasteiger charge is -2.38. The summed E-state index contributed by atoms with van der Waals surface area (Å²) in [6.07, 6.45) is 5.56. The second-order valence-corrected chi connectivity index (χ2v) is 5.12. The molecule has 1 N–H and O–H groups in total. The van der Waals surface area contributed by atoms with Crippen LogP contribution in [-0.2, 0) is 9.53 Å². The number of nitrogens with zero attached hydrogens (tertiary/aromatic N) is 1. The van der Waals surface area contributed by atoms with Gasteiger partial charge in [-0.1, -0.05) is 6.08 Å². The first-order chi connectivity index (χ1) is 8.66. The van der Waals surface area contributed by atoms with Crippen molar-refractivity contribution in [3.05, 3.63) is 12.7 Å². The molecule has 0 bridgehead atoms. The predicted octanol–water partition coefficient (Wildman–Crippen LogP) is 1.85. The zero-order chi connectivity index (χ0) is 13.4. The van der Waals surface area contributed by atoms with Crippen molar-refractivity contribution in [1.82, 2.24) is 10.2 Å². The molecular formula is C14H27ClN2O2. The summed E-state index contributed by atoms with van der Waals surface area (Å²) in [5, 5.41) is 3.30. The van der Waals surface area contributed by atoms with E-state index in [1.165, 1.54) is 0 Å². The number of piperidine rings is 1. The number of carbonyl (C=O) groups excluding carboxylic acids is 1. The number of amides is 1. The Hall–Kier alpha value is -0.580. The van der Waals surface area contributed by atoms with Gasteiger partial charge in [-0.2, -0.15) is 0 Å². The first-order valence-electron chi connectivity index (χ1n) is 6.72. The highest BCUT2D eigenvalue weighted by atomic mass is 35.5. The highest BCUT2D eigenvalue weighted by molar-refractivity contribution is 5.85. The van der Waals surface area contributed by atoms with Crippen LogP contribution in [0.1, 0.15) is 25.7 Å². The lowest BCUT2D eigenvalue weighted by molar-refractivity contribution is -0.146. The number of ether oxygens (including phenoxy) is 1. The van der Waals surface area contributed by atoms with E-state index in [4.69, 9.17) is 4.74 Å². The minimum absolute atomic E-state index is 0. The van der Waals surface area contributed by atoms with E-state index in [2.05, 4.69) is 11.9 Å². The van der Waals surface area contributed by atoms with Gasteiger partial charge in [-0.3, -0.25) is 4.79 Å². The Morgan fingerprint density at radius 1 is 1.47 bits per heavy atom. The molecule has 1 rings (SSSR count). The zero-order valence-electron chi connectivity index (χ0n) is 12.1. The molecule has 0 atom stereocenters. The van der Waals surface area contributed by atoms with Crippen molar-refractivity contribution in [2.24, 2.45) is 5.41 Å². The van der Waals surface area contributed by atoms with Crippen LogP contribution < -0.4 is 5.32 Å². The fourth-order valence-corrected chi connectivity index (χ4v) is 2.58. The van der Waals surface area contributed by atoms with E-state index < -0.39 is 0 Å². The Morgan fingerprint density at radius 3 is 2.63 bits per heavy atom. The molecule has 0 spiro atoms. The number of nitrogens with one attached hydrogen (secondary N) is 1. The average molecular weight is 291 g/mol. The first kappa shape index (κ1) is 18.4. The van der Waals surface area contributed by atoms with Gasteiger partial charge in [0.1, 0.15) is 0 Å². The van der Waals surface area contributed by atoms with Gasteiger partial charge in [0.25, 0.3) is 0 Å². The van der Waals surface area contributed by atoms with Crippen molar-refractivity contribution in [3.8, 4) is 0 Å². The summed E-state index contributed by atoms with van der Waals surface area (Å²) in [7, 11) is 3.57. The molecule has 0 saturated carbocycles. The van der Waals surface area contributed by atoms with Gasteiger partial charge in [0, 0.05) is 20.7 Å². The third-order valence-corrected chi connectivity index (χ3v) is 3.68. The van der Waals surface area contributed by atoms with Crippen LogP contribution in [0.2, 0.25) is 0 Å². The molecule has 0 aromatic carbocycles. The maximum Gasteiger partial charge on any atom is 0.230 e. The Balaban J connectivity index is 0.00000324. The summed E-state index contributed by atoms with van der Waals surface area (Å²) in [5.74, 6) is 0.231. The molecule has 1 fully saturated rings. The quantitative estimate of drug-likeness (QED) is 0.575. The van der Waals surface area contributed by atoms with Gasteiger partial charge >= 0.3 is 0 Å². The van der Waals surface area contributed by atoms with Crippen LogP contribution in [0.4, 0.5) is 0 Å². The molecule has 0 unspecified atom stereocenters. The molecule has 1 aliphatic rings. The summed E-state index contributed by atoms with van der Waals surface area (Å²) >= 11 is 0. The van der Waals surface area contributed by atoms with Crippen LogP contribution in [0.25, 0.3) is 0 Å². The highest BCUT2D eigenvalue weighted by Crippen LogP contribution is 2.31. The minimum Gasteiger partial charge on any atom is -0.384 e. The average Bonchev–Trinajstić information content (AvgIpc) is 2.39. The molecule has 5 heteroatoms. The van der Waals surface area contributed by atoms with Crippen molar-refractivity contribution in [3.63, 3.8) is 0 Å². The van der Waals surface area contributed by atoms with E-state index in [-0.39, 0.29) is 23.7 Å². The van der Waals surface area contributed by atoms with Gasteiger partial charge in [-0.15, -0.1) is 19.0 Å². The summed E-state index contributed by atoms with van der Waals surface area (Å²) in [6.45, 7) is 6.82. The maximum absolute atomic E-state index is 12.6. The Labute approximate surface area is 123 Å². The summed E-state index contributed by atoms with van der Waals surface area (Å²) in [6, 6.07) is 0. The molecule has 1 heterocycles. The maximum atomic E-state index is 12.6. The van der Waals surface area contributed by atoms with Gasteiger partial charge in [-0.25, -0.2) is 0 Å². The smallest absolute Gasteiger partial charge is 0.230 e. The number of hydrogen-bond acceptors (Lipinski definition) is 3. The number of hydrogen-bond donors (Lipinski definition) is 1. The predicted molar refractivity (Wildman–Crippen MR) is 80.7 cm³/mol. The largest absolute Gasteiger partial charge is 0.384 e. The number of rotatable bonds is 7. The molecule has 0 radical (unpaired) electrons. The van der Waals surface area contributed by atoms with Gasteiger partial charge in [0.2, 0.25) is 5.91 Å². The first-order valence-corrected chi connectivity index (χ1v) is 6.72. The van der Waals surface area contributed by atoms with E-state index >= 15 is 0 Å². The number of halogens is 1. The SMILES string of the molecule is C=CCCCN(C)C(=O)C1(COC)CCNCC1.Cl. The summed E-state index contributed by atoms with van der Waals surface area (Å²) < 4.78 is 5.29. The van der Waals surface area contributed by atoms with E-state index in [1.54, 1.807) is 7.11 Å². The number of allylic oxidation sites excluding steroid dienone is 1. The van der Waals surface area contributed by atoms with Crippen molar-refractivity contribution in [2.75, 3.05) is 40.4 Å². The third kappa shape index (κ3) is 5.13. The van der Waals surface area contributed by atoms with Crippen LogP contribution in [0.5, 0.6) is 0 Å². The second kappa shape index (κ2) is 9.34. The van der Waals surface area contributed by atoms with Crippen molar-refractivity contribution < 1.29 is 9.53 Å². The molecule has 1 aliphatic heterocycles. The second-order valence-electron chi connectivity index (χ2n) is 5.12. The van der Waals surface area contributed by atoms with Crippen molar-refractivity contribution >= 4 is 18.3 Å². The van der Waals surface area contributed by atoms with Gasteiger partial charge in [0.05, 0.1) is 12.0 Å². The Morgan fingerprint density at radius 2 is 2.11 bits per heavy atom. The van der Waals surface area contributed by atoms with Gasteiger partial charge in [0.15, 0.2) is 0 Å². The molecule has 0 aromatic heterocycles. The van der Waals surface area contributed by atoms with Crippen LogP contribution in [0, 0.1) is 5.41 Å². The lowest BCUT2D eigenvalue weighted by Crippen LogP contribution is -2.50. The monoisotopic (exact) mass is 290 g/mol. The normalized spacial score (nSPS) is 17.4. The molecule has 1 saturated heterocycles. The van der Waals surface area contributed by atoms with E-state index in [0.717, 1.165) is 45.3 Å². The molecular weight excluding hydrogens is 264 g/mol. The van der Waals surface area contributed by atoms with E-state index in [9.17, 15) is 4.79 Å². The molecule has 1 amide bonds. The molecule has 0 aliphatic carbocycles.